The van der Waals surface area contributed by atoms with Crippen LogP contribution in [0.5, 0.6) is 0 Å². The van der Waals surface area contributed by atoms with Crippen LogP contribution in [0.2, 0.25) is 0 Å². The first kappa shape index (κ1) is 17.3. The van der Waals surface area contributed by atoms with E-state index in [1.54, 1.807) is 0 Å². The summed E-state index contributed by atoms with van der Waals surface area (Å²) in [6.07, 6.45) is 14.9. The van der Waals surface area contributed by atoms with Crippen LogP contribution >= 0.6 is 0 Å². The molecule has 0 aromatic heterocycles. The number of hydrogen-bond acceptors (Lipinski definition) is 2. The quantitative estimate of drug-likeness (QED) is 0.702. The van der Waals surface area contributed by atoms with Crippen LogP contribution in [-0.4, -0.2) is 25.3 Å². The van der Waals surface area contributed by atoms with Crippen molar-refractivity contribution in [2.24, 2.45) is 11.8 Å². The summed E-state index contributed by atoms with van der Waals surface area (Å²) < 4.78 is 6.24. The van der Waals surface area contributed by atoms with E-state index >= 15 is 0 Å². The van der Waals surface area contributed by atoms with Crippen molar-refractivity contribution in [2.45, 2.75) is 96.1 Å². The highest BCUT2D eigenvalue weighted by molar-refractivity contribution is 4.99. The first-order valence-electron chi connectivity index (χ1n) is 9.50. The monoisotopic (exact) mass is 295 g/mol. The number of ether oxygens (including phenoxy) is 1. The highest BCUT2D eigenvalue weighted by Crippen LogP contribution is 2.41. The minimum atomic E-state index is 0.105. The summed E-state index contributed by atoms with van der Waals surface area (Å²) in [5.41, 5.74) is 0.105. The van der Waals surface area contributed by atoms with Gasteiger partial charge in [0.25, 0.3) is 0 Å². The molecule has 0 heterocycles. The Morgan fingerprint density at radius 1 is 1.10 bits per heavy atom. The lowest BCUT2D eigenvalue weighted by Crippen LogP contribution is -2.56. The van der Waals surface area contributed by atoms with Crippen molar-refractivity contribution in [1.29, 1.82) is 0 Å². The Morgan fingerprint density at radius 2 is 1.81 bits per heavy atom. The smallest absolute Gasteiger partial charge is 0.0833 e. The van der Waals surface area contributed by atoms with E-state index in [4.69, 9.17) is 4.74 Å². The maximum absolute atomic E-state index is 6.24. The number of methoxy groups -OCH3 is 1. The summed E-state index contributed by atoms with van der Waals surface area (Å²) in [4.78, 5) is 0. The molecule has 0 aromatic rings. The standard InChI is InChI=1S/C19H37NO/c1-4-14-20-18(17-11-9-10-16(2)15-17)19(21-3)12-7-5-6-8-13-19/h16-18,20H,4-15H2,1-3H3. The second-order valence-corrected chi connectivity index (χ2v) is 7.65. The van der Waals surface area contributed by atoms with Crippen molar-refractivity contribution in [1.82, 2.24) is 5.32 Å². The van der Waals surface area contributed by atoms with Crippen LogP contribution in [0, 0.1) is 11.8 Å². The Morgan fingerprint density at radius 3 is 2.38 bits per heavy atom. The van der Waals surface area contributed by atoms with Gasteiger partial charge in [-0.3, -0.25) is 0 Å². The van der Waals surface area contributed by atoms with Crippen LogP contribution < -0.4 is 5.32 Å². The molecule has 0 aliphatic heterocycles. The highest BCUT2D eigenvalue weighted by atomic mass is 16.5. The van der Waals surface area contributed by atoms with E-state index in [0.717, 1.165) is 18.4 Å². The van der Waals surface area contributed by atoms with Gasteiger partial charge < -0.3 is 10.1 Å². The number of nitrogens with one attached hydrogen (secondary N) is 1. The van der Waals surface area contributed by atoms with Gasteiger partial charge in [0, 0.05) is 13.2 Å². The largest absolute Gasteiger partial charge is 0.377 e. The molecule has 0 bridgehead atoms. The summed E-state index contributed by atoms with van der Waals surface area (Å²) in [7, 11) is 1.97. The van der Waals surface area contributed by atoms with E-state index in [1.165, 1.54) is 70.6 Å². The molecule has 0 radical (unpaired) electrons. The normalized spacial score (nSPS) is 31.6. The molecule has 3 unspecified atom stereocenters. The van der Waals surface area contributed by atoms with Crippen LogP contribution in [0.3, 0.4) is 0 Å². The SMILES string of the molecule is CCCNC(C1CCCC(C)C1)C1(OC)CCCCCC1. The molecular formula is C19H37NO. The Labute approximate surface area is 132 Å². The molecule has 0 saturated heterocycles. The maximum Gasteiger partial charge on any atom is 0.0833 e. The molecule has 124 valence electrons. The van der Waals surface area contributed by atoms with Crippen molar-refractivity contribution in [3.63, 3.8) is 0 Å². The number of hydrogen-bond donors (Lipinski definition) is 1. The van der Waals surface area contributed by atoms with Crippen LogP contribution in [0.1, 0.15) is 84.5 Å². The molecule has 1 N–H and O–H groups in total. The maximum atomic E-state index is 6.24. The van der Waals surface area contributed by atoms with Gasteiger partial charge >= 0.3 is 0 Å². The molecule has 2 aliphatic carbocycles. The zero-order chi connectivity index (χ0) is 15.1. The second kappa shape index (κ2) is 8.53. The van der Waals surface area contributed by atoms with Gasteiger partial charge in [-0.1, -0.05) is 52.4 Å². The molecule has 2 aliphatic rings. The van der Waals surface area contributed by atoms with E-state index in [-0.39, 0.29) is 5.60 Å². The molecule has 2 heteroatoms. The van der Waals surface area contributed by atoms with Crippen molar-refractivity contribution in [2.75, 3.05) is 13.7 Å². The van der Waals surface area contributed by atoms with Crippen molar-refractivity contribution in [3.05, 3.63) is 0 Å². The van der Waals surface area contributed by atoms with Gasteiger partial charge in [-0.05, 0) is 50.5 Å². The van der Waals surface area contributed by atoms with Gasteiger partial charge in [0.2, 0.25) is 0 Å². The molecule has 0 amide bonds. The predicted octanol–water partition coefficient (Wildman–Crippen LogP) is 4.92. The Balaban J connectivity index is 2.14. The molecular weight excluding hydrogens is 258 g/mol. The van der Waals surface area contributed by atoms with Gasteiger partial charge in [0.05, 0.1) is 5.60 Å². The molecule has 21 heavy (non-hydrogen) atoms. The third kappa shape index (κ3) is 4.45. The molecule has 2 fully saturated rings. The van der Waals surface area contributed by atoms with Crippen molar-refractivity contribution >= 4 is 0 Å². The van der Waals surface area contributed by atoms with Crippen molar-refractivity contribution in [3.8, 4) is 0 Å². The fourth-order valence-electron chi connectivity index (χ4n) is 4.83. The highest BCUT2D eigenvalue weighted by Gasteiger charge is 2.43. The number of rotatable bonds is 6. The summed E-state index contributed by atoms with van der Waals surface area (Å²) >= 11 is 0. The minimum Gasteiger partial charge on any atom is -0.377 e. The lowest BCUT2D eigenvalue weighted by molar-refractivity contribution is -0.0739. The Kier molecular flexibility index (Phi) is 7.01. The summed E-state index contributed by atoms with van der Waals surface area (Å²) in [6, 6.07) is 0.572. The average molecular weight is 296 g/mol. The van der Waals surface area contributed by atoms with Gasteiger partial charge in [0.15, 0.2) is 0 Å². The van der Waals surface area contributed by atoms with Gasteiger partial charge in [-0.25, -0.2) is 0 Å². The molecule has 3 atom stereocenters. The van der Waals surface area contributed by atoms with E-state index < -0.39 is 0 Å². The second-order valence-electron chi connectivity index (χ2n) is 7.65. The van der Waals surface area contributed by atoms with Gasteiger partial charge in [0.1, 0.15) is 0 Å². The minimum absolute atomic E-state index is 0.105. The lowest BCUT2D eigenvalue weighted by Gasteiger charge is -2.46. The summed E-state index contributed by atoms with van der Waals surface area (Å²) in [6.45, 7) is 5.86. The fourth-order valence-corrected chi connectivity index (χ4v) is 4.83. The van der Waals surface area contributed by atoms with Crippen LogP contribution in [0.25, 0.3) is 0 Å². The summed E-state index contributed by atoms with van der Waals surface area (Å²) in [5, 5.41) is 3.92. The average Bonchev–Trinajstić information content (AvgIpc) is 2.74. The van der Waals surface area contributed by atoms with Crippen molar-refractivity contribution < 1.29 is 4.74 Å². The van der Waals surface area contributed by atoms with Crippen LogP contribution in [0.4, 0.5) is 0 Å². The van der Waals surface area contributed by atoms with E-state index in [0.29, 0.717) is 6.04 Å². The molecule has 0 aromatic carbocycles. The molecule has 0 spiro atoms. The van der Waals surface area contributed by atoms with Gasteiger partial charge in [-0.15, -0.1) is 0 Å². The van der Waals surface area contributed by atoms with E-state index in [1.807, 2.05) is 7.11 Å². The molecule has 2 saturated carbocycles. The molecule has 2 nitrogen and oxygen atoms in total. The predicted molar refractivity (Wildman–Crippen MR) is 90.6 cm³/mol. The summed E-state index contributed by atoms with van der Waals surface area (Å²) in [5.74, 6) is 1.72. The third-order valence-corrected chi connectivity index (χ3v) is 5.99. The first-order valence-corrected chi connectivity index (χ1v) is 9.50. The van der Waals surface area contributed by atoms with E-state index in [9.17, 15) is 0 Å². The van der Waals surface area contributed by atoms with Gasteiger partial charge in [-0.2, -0.15) is 0 Å². The Bertz CT molecular complexity index is 283. The zero-order valence-corrected chi connectivity index (χ0v) is 14.6. The topological polar surface area (TPSA) is 21.3 Å². The first-order chi connectivity index (χ1) is 10.2. The Hall–Kier alpha value is -0.0800. The lowest BCUT2D eigenvalue weighted by atomic mass is 9.71. The van der Waals surface area contributed by atoms with Crippen LogP contribution in [-0.2, 0) is 4.74 Å². The molecule has 2 rings (SSSR count). The van der Waals surface area contributed by atoms with Crippen LogP contribution in [0.15, 0.2) is 0 Å². The third-order valence-electron chi connectivity index (χ3n) is 5.99. The zero-order valence-electron chi connectivity index (χ0n) is 14.6. The van der Waals surface area contributed by atoms with E-state index in [2.05, 4.69) is 19.2 Å². The fraction of sp³-hybridized carbons (Fsp3) is 1.00.